The summed E-state index contributed by atoms with van der Waals surface area (Å²) in [6, 6.07) is 40.4. The number of rotatable bonds is 7. The minimum absolute atomic E-state index is 0.232. The Morgan fingerprint density at radius 1 is 0.508 bits per heavy atom. The van der Waals surface area contributed by atoms with Crippen LogP contribution in [0.2, 0.25) is 0 Å². The van der Waals surface area contributed by atoms with Gasteiger partial charge >= 0.3 is 12.4 Å². The van der Waals surface area contributed by atoms with E-state index in [2.05, 4.69) is 0 Å². The maximum Gasteiger partial charge on any atom is 0.416 e. The molecule has 0 aromatic heterocycles. The summed E-state index contributed by atoms with van der Waals surface area (Å²) in [4.78, 5) is 1.96. The molecule has 0 atom stereocenters. The fourth-order valence-corrected chi connectivity index (χ4v) is 8.78. The molecule has 0 fully saturated rings. The van der Waals surface area contributed by atoms with Crippen LogP contribution in [-0.4, -0.2) is 0 Å². The van der Waals surface area contributed by atoms with Gasteiger partial charge in [-0.25, -0.2) is 0 Å². The van der Waals surface area contributed by atoms with E-state index in [1.807, 2.05) is 138 Å². The zero-order valence-electron chi connectivity index (χ0n) is 36.1. The lowest BCUT2D eigenvalue weighted by Crippen LogP contribution is -2.27. The summed E-state index contributed by atoms with van der Waals surface area (Å²) in [7, 11) is 0. The van der Waals surface area contributed by atoms with Crippen molar-refractivity contribution in [2.24, 2.45) is 0 Å². The van der Waals surface area contributed by atoms with Gasteiger partial charge in [0.25, 0.3) is 0 Å². The van der Waals surface area contributed by atoms with Crippen molar-refractivity contribution in [1.29, 1.82) is 0 Å². The molecule has 0 amide bonds. The first-order chi connectivity index (χ1) is 29.7. The highest BCUT2D eigenvalue weighted by Crippen LogP contribution is 2.60. The average Bonchev–Trinajstić information content (AvgIpc) is 3.22. The number of anilines is 3. The molecule has 0 saturated heterocycles. The molecule has 1 aliphatic heterocycles. The number of fused-ring (bicyclic) bond motifs is 2. The zero-order valence-corrected chi connectivity index (χ0v) is 36.1. The summed E-state index contributed by atoms with van der Waals surface area (Å²) >= 11 is 0. The van der Waals surface area contributed by atoms with Crippen LogP contribution in [0.25, 0.3) is 22.3 Å². The molecule has 0 spiro atoms. The molecule has 0 aliphatic carbocycles. The predicted molar refractivity (Wildman–Crippen MR) is 240 cm³/mol. The number of aryl methyl sites for hydroxylation is 1. The average molecular weight is 856 g/mol. The minimum atomic E-state index is -4.69. The van der Waals surface area contributed by atoms with Gasteiger partial charge in [0.05, 0.1) is 28.2 Å². The van der Waals surface area contributed by atoms with Gasteiger partial charge in [-0.3, -0.25) is 0 Å². The van der Waals surface area contributed by atoms with E-state index in [9.17, 15) is 26.3 Å². The van der Waals surface area contributed by atoms with E-state index in [0.717, 1.165) is 52.1 Å². The molecule has 0 bridgehead atoms. The first-order valence-electron chi connectivity index (χ1n) is 20.8. The molecule has 0 radical (unpaired) electrons. The summed E-state index contributed by atoms with van der Waals surface area (Å²) in [5.74, 6) is 2.18. The molecular weight excluding hydrogens is 809 g/mol. The number of benzene rings is 7. The summed E-state index contributed by atoms with van der Waals surface area (Å²) in [5, 5.41) is 0. The molecule has 7 aromatic rings. The van der Waals surface area contributed by atoms with Crippen LogP contribution >= 0.6 is 0 Å². The van der Waals surface area contributed by atoms with Crippen LogP contribution in [0.15, 0.2) is 146 Å². The highest BCUT2D eigenvalue weighted by molar-refractivity contribution is 6.04. The molecule has 0 saturated carbocycles. The van der Waals surface area contributed by atoms with Crippen LogP contribution in [-0.2, 0) is 29.6 Å². The van der Waals surface area contributed by atoms with Crippen molar-refractivity contribution < 1.29 is 35.8 Å². The number of nitrogens with zero attached hydrogens (tertiary/aromatic N) is 1. The van der Waals surface area contributed by atoms with E-state index in [1.165, 1.54) is 12.1 Å². The second-order valence-electron chi connectivity index (χ2n) is 18.0. The van der Waals surface area contributed by atoms with Crippen molar-refractivity contribution in [3.63, 3.8) is 0 Å². The highest BCUT2D eigenvalue weighted by atomic mass is 19.4. The van der Waals surface area contributed by atoms with Gasteiger partial charge in [-0.15, -0.1) is 0 Å². The second-order valence-corrected chi connectivity index (χ2v) is 18.0. The molecule has 1 aliphatic rings. The zero-order chi connectivity index (χ0) is 45.1. The highest BCUT2D eigenvalue weighted by Gasteiger charge is 2.41. The van der Waals surface area contributed by atoms with Crippen LogP contribution < -0.4 is 14.4 Å². The molecule has 7 aromatic carbocycles. The topological polar surface area (TPSA) is 21.7 Å². The Kier molecular flexibility index (Phi) is 11.0. The summed E-state index contributed by atoms with van der Waals surface area (Å²) < 4.78 is 102. The van der Waals surface area contributed by atoms with Crippen LogP contribution in [0.4, 0.5) is 43.4 Å². The monoisotopic (exact) mass is 855 g/mol. The molecular formula is C54H47F6NO2. The third-order valence-electron chi connectivity index (χ3n) is 11.3. The van der Waals surface area contributed by atoms with Crippen molar-refractivity contribution in [2.75, 3.05) is 4.90 Å². The van der Waals surface area contributed by atoms with Gasteiger partial charge in [0.15, 0.2) is 11.5 Å². The fourth-order valence-electron chi connectivity index (χ4n) is 8.78. The van der Waals surface area contributed by atoms with Gasteiger partial charge in [0.1, 0.15) is 11.5 Å². The molecule has 0 unspecified atom stereocenters. The first kappa shape index (κ1) is 43.2. The normalized spacial score (nSPS) is 13.0. The SMILES string of the molecule is Cc1ccccc1Oc1ccccc1Cc1c(C(C)(C)C)c(-c2cccc(C(F)(F)F)c2)c(N2c3ccccc3Oc3ccccc32)c(-c2cccc(C(F)(F)F)c2)c1C(C)(C)C. The predicted octanol–water partition coefficient (Wildman–Crippen LogP) is 16.9. The number of hydrogen-bond donors (Lipinski definition) is 0. The van der Waals surface area contributed by atoms with Gasteiger partial charge in [0.2, 0.25) is 0 Å². The quantitative estimate of drug-likeness (QED) is 0.149. The summed E-state index contributed by atoms with van der Waals surface area (Å²) in [6.07, 6.45) is -9.16. The van der Waals surface area contributed by atoms with Gasteiger partial charge < -0.3 is 14.4 Å². The second kappa shape index (κ2) is 16.0. The Morgan fingerprint density at radius 3 is 1.43 bits per heavy atom. The molecule has 3 nitrogen and oxygen atoms in total. The Morgan fingerprint density at radius 2 is 0.952 bits per heavy atom. The van der Waals surface area contributed by atoms with Gasteiger partial charge in [-0.2, -0.15) is 26.3 Å². The Balaban J connectivity index is 1.62. The first-order valence-corrected chi connectivity index (χ1v) is 20.8. The van der Waals surface area contributed by atoms with Crippen molar-refractivity contribution in [3.8, 4) is 45.3 Å². The third-order valence-corrected chi connectivity index (χ3v) is 11.3. The number of hydrogen-bond acceptors (Lipinski definition) is 3. The molecule has 9 heteroatoms. The van der Waals surface area contributed by atoms with E-state index < -0.39 is 34.3 Å². The Hall–Kier alpha value is -6.48. The van der Waals surface area contributed by atoms with E-state index in [4.69, 9.17) is 9.47 Å². The van der Waals surface area contributed by atoms with Crippen molar-refractivity contribution in [3.05, 3.63) is 185 Å². The molecule has 1 heterocycles. The van der Waals surface area contributed by atoms with E-state index in [0.29, 0.717) is 51.2 Å². The van der Waals surface area contributed by atoms with E-state index >= 15 is 0 Å². The largest absolute Gasteiger partial charge is 0.457 e. The van der Waals surface area contributed by atoms with Gasteiger partial charge in [0, 0.05) is 17.5 Å². The smallest absolute Gasteiger partial charge is 0.416 e. The van der Waals surface area contributed by atoms with Gasteiger partial charge in [-0.05, 0) is 117 Å². The molecule has 0 N–H and O–H groups in total. The summed E-state index contributed by atoms with van der Waals surface area (Å²) in [5.41, 5.74) is 3.71. The van der Waals surface area contributed by atoms with Crippen molar-refractivity contribution >= 4 is 17.1 Å². The van der Waals surface area contributed by atoms with E-state index in [-0.39, 0.29) is 17.5 Å². The van der Waals surface area contributed by atoms with E-state index in [1.54, 1.807) is 24.3 Å². The van der Waals surface area contributed by atoms with Gasteiger partial charge in [-0.1, -0.05) is 126 Å². The Bertz CT molecular complexity index is 2700. The minimum Gasteiger partial charge on any atom is -0.457 e. The van der Waals surface area contributed by atoms with Crippen LogP contribution in [0.3, 0.4) is 0 Å². The van der Waals surface area contributed by atoms with Crippen LogP contribution in [0, 0.1) is 6.92 Å². The number of alkyl halides is 6. The lowest BCUT2D eigenvalue weighted by molar-refractivity contribution is -0.138. The lowest BCUT2D eigenvalue weighted by Gasteiger charge is -2.42. The Labute approximate surface area is 364 Å². The van der Waals surface area contributed by atoms with Crippen molar-refractivity contribution in [1.82, 2.24) is 0 Å². The lowest BCUT2D eigenvalue weighted by atomic mass is 9.68. The molecule has 8 rings (SSSR count). The van der Waals surface area contributed by atoms with Crippen LogP contribution in [0.5, 0.6) is 23.0 Å². The summed E-state index contributed by atoms with van der Waals surface area (Å²) in [6.45, 7) is 14.1. The number of ether oxygens (including phenoxy) is 2. The fraction of sp³-hybridized carbons (Fsp3) is 0.222. The number of para-hydroxylation sites is 6. The number of halogens is 6. The third kappa shape index (κ3) is 8.41. The maximum absolute atomic E-state index is 14.9. The van der Waals surface area contributed by atoms with Crippen LogP contribution in [0.1, 0.15) is 80.5 Å². The molecule has 322 valence electrons. The maximum atomic E-state index is 14.9. The standard InChI is InChI=1S/C54H47F6NO2/c1-33-18-8-12-26-42(33)62-43-27-13-9-19-34(43)32-39-48(51(2,3)4)46(35-20-16-22-37(30-35)53(55,56)57)50(61-40-24-10-14-28-44(40)63-45-29-15-11-25-41(45)61)47(49(39)52(5,6)7)36-21-17-23-38(31-36)54(58,59)60/h8-31H,32H2,1-7H3. The molecule has 63 heavy (non-hydrogen) atoms. The van der Waals surface area contributed by atoms with Crippen molar-refractivity contribution in [2.45, 2.75) is 78.1 Å².